The summed E-state index contributed by atoms with van der Waals surface area (Å²) < 4.78 is 30.9. The molecule has 24 heavy (non-hydrogen) atoms. The van der Waals surface area contributed by atoms with Crippen LogP contribution < -0.4 is 5.32 Å². The van der Waals surface area contributed by atoms with Crippen LogP contribution in [-0.2, 0) is 10.0 Å². The molecular weight excluding hydrogens is 328 g/mol. The van der Waals surface area contributed by atoms with Gasteiger partial charge in [-0.3, -0.25) is 0 Å². The van der Waals surface area contributed by atoms with Crippen molar-refractivity contribution in [2.75, 3.05) is 19.4 Å². The summed E-state index contributed by atoms with van der Waals surface area (Å²) in [6.07, 6.45) is 0.873. The maximum Gasteiger partial charge on any atom is 0.242 e. The van der Waals surface area contributed by atoms with Gasteiger partial charge in [0.2, 0.25) is 27.5 Å². The van der Waals surface area contributed by atoms with E-state index in [0.717, 1.165) is 10.7 Å². The second kappa shape index (κ2) is 7.03. The number of nitrogens with zero attached hydrogens (tertiary/aromatic N) is 3. The molecule has 0 saturated heterocycles. The quantitative estimate of drug-likeness (QED) is 0.861. The summed E-state index contributed by atoms with van der Waals surface area (Å²) in [5.41, 5.74) is 0.775. The van der Waals surface area contributed by atoms with Crippen LogP contribution in [0.4, 0.5) is 5.88 Å². The molecule has 0 amide bonds. The van der Waals surface area contributed by atoms with Crippen molar-refractivity contribution in [2.24, 2.45) is 0 Å². The van der Waals surface area contributed by atoms with Gasteiger partial charge < -0.3 is 9.73 Å². The van der Waals surface area contributed by atoms with Gasteiger partial charge in [-0.2, -0.15) is 10.2 Å². The van der Waals surface area contributed by atoms with E-state index in [-0.39, 0.29) is 22.5 Å². The maximum absolute atomic E-state index is 12.1. The molecule has 8 heteroatoms. The Hall–Kier alpha value is -2.37. The fraction of sp³-hybridized carbons (Fsp3) is 0.375. The molecule has 1 N–H and O–H groups in total. The lowest BCUT2D eigenvalue weighted by Crippen LogP contribution is -2.22. The normalized spacial score (nSPS) is 12.8. The van der Waals surface area contributed by atoms with Crippen LogP contribution in [0.15, 0.2) is 33.6 Å². The summed E-state index contributed by atoms with van der Waals surface area (Å²) >= 11 is 0. The van der Waals surface area contributed by atoms with Crippen molar-refractivity contribution in [3.8, 4) is 17.5 Å². The number of nitriles is 1. The Morgan fingerprint density at radius 2 is 1.96 bits per heavy atom. The molecule has 0 spiro atoms. The molecular formula is C16H20N4O3S. The standard InChI is InChI=1S/C16H20N4O3S/c1-5-11(2)18-16-14(10-17)19-15(23-16)12-6-8-13(9-7-12)24(21,22)20(3)4/h6-9,11,18H,5H2,1-4H3. The van der Waals surface area contributed by atoms with Gasteiger partial charge in [0, 0.05) is 25.7 Å². The Balaban J connectivity index is 2.35. The molecule has 0 aliphatic heterocycles. The van der Waals surface area contributed by atoms with Crippen LogP contribution in [0.25, 0.3) is 11.5 Å². The summed E-state index contributed by atoms with van der Waals surface area (Å²) in [5, 5.41) is 12.3. The lowest BCUT2D eigenvalue weighted by atomic mass is 10.2. The molecule has 128 valence electrons. The zero-order valence-electron chi connectivity index (χ0n) is 14.1. The van der Waals surface area contributed by atoms with Gasteiger partial charge in [-0.15, -0.1) is 0 Å². The predicted molar refractivity (Wildman–Crippen MR) is 90.9 cm³/mol. The van der Waals surface area contributed by atoms with Gasteiger partial charge in [-0.25, -0.2) is 12.7 Å². The van der Waals surface area contributed by atoms with Crippen LogP contribution in [-0.4, -0.2) is 37.8 Å². The van der Waals surface area contributed by atoms with Gasteiger partial charge >= 0.3 is 0 Å². The van der Waals surface area contributed by atoms with E-state index < -0.39 is 10.0 Å². The van der Waals surface area contributed by atoms with Crippen LogP contribution in [0.5, 0.6) is 0 Å². The SMILES string of the molecule is CCC(C)Nc1oc(-c2ccc(S(=O)(=O)N(C)C)cc2)nc1C#N. The van der Waals surface area contributed by atoms with E-state index in [1.807, 2.05) is 19.9 Å². The first-order chi connectivity index (χ1) is 11.3. The van der Waals surface area contributed by atoms with E-state index in [9.17, 15) is 13.7 Å². The lowest BCUT2D eigenvalue weighted by molar-refractivity contribution is 0.520. The van der Waals surface area contributed by atoms with E-state index in [0.29, 0.717) is 11.4 Å². The summed E-state index contributed by atoms with van der Waals surface area (Å²) in [7, 11) is -0.534. The largest absolute Gasteiger partial charge is 0.419 e. The number of rotatable bonds is 6. The number of hydrogen-bond acceptors (Lipinski definition) is 6. The Bertz CT molecular complexity index is 848. The molecule has 0 aliphatic rings. The predicted octanol–water partition coefficient (Wildman–Crippen LogP) is 2.67. The second-order valence-electron chi connectivity index (χ2n) is 5.57. The number of nitrogens with one attached hydrogen (secondary N) is 1. The van der Waals surface area contributed by atoms with Gasteiger partial charge in [0.25, 0.3) is 0 Å². The highest BCUT2D eigenvalue weighted by Gasteiger charge is 2.19. The van der Waals surface area contributed by atoms with Crippen molar-refractivity contribution in [3.05, 3.63) is 30.0 Å². The lowest BCUT2D eigenvalue weighted by Gasteiger charge is -2.11. The Morgan fingerprint density at radius 3 is 2.46 bits per heavy atom. The zero-order valence-corrected chi connectivity index (χ0v) is 14.9. The molecule has 0 bridgehead atoms. The van der Waals surface area contributed by atoms with Crippen LogP contribution >= 0.6 is 0 Å². The maximum atomic E-state index is 12.1. The molecule has 7 nitrogen and oxygen atoms in total. The molecule has 1 unspecified atom stereocenters. The van der Waals surface area contributed by atoms with Crippen molar-refractivity contribution in [2.45, 2.75) is 31.2 Å². The van der Waals surface area contributed by atoms with Crippen LogP contribution in [0, 0.1) is 11.3 Å². The van der Waals surface area contributed by atoms with Gasteiger partial charge in [0.1, 0.15) is 6.07 Å². The smallest absolute Gasteiger partial charge is 0.242 e. The number of benzene rings is 1. The Labute approximate surface area is 142 Å². The van der Waals surface area contributed by atoms with Crippen molar-refractivity contribution >= 4 is 15.9 Å². The summed E-state index contributed by atoms with van der Waals surface area (Å²) in [6, 6.07) is 8.33. The third-order valence-corrected chi connectivity index (χ3v) is 5.43. The first-order valence-electron chi connectivity index (χ1n) is 7.50. The molecule has 0 saturated carbocycles. The molecule has 0 aliphatic carbocycles. The van der Waals surface area contributed by atoms with Gasteiger partial charge in [0.15, 0.2) is 0 Å². The molecule has 0 fully saturated rings. The number of oxazole rings is 1. The number of aromatic nitrogens is 1. The average molecular weight is 348 g/mol. The molecule has 0 radical (unpaired) electrons. The van der Waals surface area contributed by atoms with Gasteiger partial charge in [-0.05, 0) is 37.6 Å². The fourth-order valence-electron chi connectivity index (χ4n) is 1.92. The van der Waals surface area contributed by atoms with Crippen LogP contribution in [0.1, 0.15) is 26.0 Å². The minimum absolute atomic E-state index is 0.144. The molecule has 1 aromatic heterocycles. The monoisotopic (exact) mass is 348 g/mol. The van der Waals surface area contributed by atoms with Gasteiger partial charge in [-0.1, -0.05) is 6.92 Å². The molecule has 1 aromatic carbocycles. The highest BCUT2D eigenvalue weighted by Crippen LogP contribution is 2.27. The minimum atomic E-state index is -3.49. The molecule has 1 heterocycles. The summed E-state index contributed by atoms with van der Waals surface area (Å²) in [4.78, 5) is 4.34. The first kappa shape index (κ1) is 18.0. The van der Waals surface area contributed by atoms with Crippen molar-refractivity contribution in [1.82, 2.24) is 9.29 Å². The third kappa shape index (κ3) is 3.58. The fourth-order valence-corrected chi connectivity index (χ4v) is 2.83. The number of sulfonamides is 1. The highest BCUT2D eigenvalue weighted by atomic mass is 32.2. The Morgan fingerprint density at radius 1 is 1.33 bits per heavy atom. The van der Waals surface area contributed by atoms with Crippen LogP contribution in [0.2, 0.25) is 0 Å². The summed E-state index contributed by atoms with van der Waals surface area (Å²) in [5.74, 6) is 0.595. The number of anilines is 1. The molecule has 1 atom stereocenters. The van der Waals surface area contributed by atoms with E-state index in [4.69, 9.17) is 4.42 Å². The van der Waals surface area contributed by atoms with Crippen molar-refractivity contribution in [3.63, 3.8) is 0 Å². The minimum Gasteiger partial charge on any atom is -0.419 e. The van der Waals surface area contributed by atoms with E-state index >= 15 is 0 Å². The van der Waals surface area contributed by atoms with Crippen LogP contribution in [0.3, 0.4) is 0 Å². The topological polar surface area (TPSA) is 99.2 Å². The zero-order chi connectivity index (χ0) is 17.9. The van der Waals surface area contributed by atoms with E-state index in [2.05, 4.69) is 10.3 Å². The summed E-state index contributed by atoms with van der Waals surface area (Å²) in [6.45, 7) is 4.00. The van der Waals surface area contributed by atoms with E-state index in [1.165, 1.54) is 26.2 Å². The highest BCUT2D eigenvalue weighted by molar-refractivity contribution is 7.89. The Kier molecular flexibility index (Phi) is 5.26. The van der Waals surface area contributed by atoms with Crippen molar-refractivity contribution < 1.29 is 12.8 Å². The third-order valence-electron chi connectivity index (χ3n) is 3.60. The second-order valence-corrected chi connectivity index (χ2v) is 7.73. The van der Waals surface area contributed by atoms with E-state index in [1.54, 1.807) is 12.1 Å². The van der Waals surface area contributed by atoms with Gasteiger partial charge in [0.05, 0.1) is 4.90 Å². The number of hydrogen-bond donors (Lipinski definition) is 1. The first-order valence-corrected chi connectivity index (χ1v) is 8.94. The molecule has 2 aromatic rings. The van der Waals surface area contributed by atoms with Crippen molar-refractivity contribution in [1.29, 1.82) is 5.26 Å². The average Bonchev–Trinajstić information content (AvgIpc) is 2.97. The molecule has 2 rings (SSSR count).